The van der Waals surface area contributed by atoms with Crippen molar-refractivity contribution in [2.75, 3.05) is 31.5 Å². The molecule has 2 aliphatic heterocycles. The van der Waals surface area contributed by atoms with Crippen LogP contribution in [0.5, 0.6) is 0 Å². The number of benzene rings is 1. The van der Waals surface area contributed by atoms with Crippen LogP contribution in [0.4, 0.5) is 14.6 Å². The first-order chi connectivity index (χ1) is 14.6. The molecule has 2 aromatic heterocycles. The molecule has 4 heterocycles. The van der Waals surface area contributed by atoms with Gasteiger partial charge in [-0.05, 0) is 50.9 Å². The first-order valence-corrected chi connectivity index (χ1v) is 10.6. The summed E-state index contributed by atoms with van der Waals surface area (Å²) in [5.41, 5.74) is 1.91. The average Bonchev–Trinajstić information content (AvgIpc) is 3.42. The third-order valence-electron chi connectivity index (χ3n) is 6.34. The summed E-state index contributed by atoms with van der Waals surface area (Å²) in [6, 6.07) is 3.41. The Bertz CT molecular complexity index is 1060. The highest BCUT2D eigenvalue weighted by molar-refractivity contribution is 5.71. The van der Waals surface area contributed by atoms with E-state index in [9.17, 15) is 8.78 Å². The number of aromatic nitrogens is 3. The van der Waals surface area contributed by atoms with Crippen molar-refractivity contribution < 1.29 is 8.78 Å². The molecule has 158 valence electrons. The van der Waals surface area contributed by atoms with E-state index in [1.54, 1.807) is 25.5 Å². The minimum atomic E-state index is -0.607. The lowest BCUT2D eigenvalue weighted by Crippen LogP contribution is -2.42. The molecule has 0 bridgehead atoms. The van der Waals surface area contributed by atoms with Crippen LogP contribution in [0.3, 0.4) is 0 Å². The molecule has 0 unspecified atom stereocenters. The van der Waals surface area contributed by atoms with Gasteiger partial charge in [-0.15, -0.1) is 0 Å². The molecule has 0 radical (unpaired) electrons. The van der Waals surface area contributed by atoms with Gasteiger partial charge in [0, 0.05) is 49.2 Å². The normalized spacial score (nSPS) is 20.8. The van der Waals surface area contributed by atoms with Crippen molar-refractivity contribution >= 4 is 11.5 Å². The predicted molar refractivity (Wildman–Crippen MR) is 113 cm³/mol. The maximum absolute atomic E-state index is 14.5. The third-order valence-corrected chi connectivity index (χ3v) is 6.34. The second-order valence-electron chi connectivity index (χ2n) is 8.30. The van der Waals surface area contributed by atoms with Gasteiger partial charge in [0.15, 0.2) is 11.5 Å². The van der Waals surface area contributed by atoms with Crippen molar-refractivity contribution in [2.24, 2.45) is 0 Å². The molecule has 8 heteroatoms. The monoisotopic (exact) mass is 412 g/mol. The van der Waals surface area contributed by atoms with Gasteiger partial charge in [0.2, 0.25) is 0 Å². The average molecular weight is 412 g/mol. The Balaban J connectivity index is 1.39. The molecular formula is C22H26F2N6. The number of anilines is 1. The predicted octanol–water partition coefficient (Wildman–Crippen LogP) is 3.22. The van der Waals surface area contributed by atoms with E-state index >= 15 is 0 Å². The zero-order valence-electron chi connectivity index (χ0n) is 17.0. The molecule has 5 rings (SSSR count). The van der Waals surface area contributed by atoms with E-state index in [1.165, 1.54) is 18.9 Å². The van der Waals surface area contributed by atoms with Gasteiger partial charge in [0.1, 0.15) is 11.6 Å². The van der Waals surface area contributed by atoms with Crippen molar-refractivity contribution in [3.63, 3.8) is 0 Å². The van der Waals surface area contributed by atoms with E-state index in [2.05, 4.69) is 25.5 Å². The van der Waals surface area contributed by atoms with Gasteiger partial charge in [0.25, 0.3) is 0 Å². The number of hydrogen-bond donors (Lipinski definition) is 2. The molecule has 0 aliphatic carbocycles. The van der Waals surface area contributed by atoms with Crippen molar-refractivity contribution in [3.8, 4) is 11.3 Å². The van der Waals surface area contributed by atoms with Gasteiger partial charge in [-0.3, -0.25) is 9.30 Å². The molecule has 2 aliphatic rings. The number of rotatable bonds is 4. The van der Waals surface area contributed by atoms with Crippen molar-refractivity contribution in [3.05, 3.63) is 47.9 Å². The largest absolute Gasteiger partial charge is 0.363 e. The number of likely N-dealkylation sites (tertiary alicyclic amines) is 1. The maximum Gasteiger partial charge on any atom is 0.180 e. The van der Waals surface area contributed by atoms with Gasteiger partial charge in [0.05, 0.1) is 11.9 Å². The molecule has 2 N–H and O–H groups in total. The first kappa shape index (κ1) is 19.4. The van der Waals surface area contributed by atoms with Crippen LogP contribution in [-0.2, 0) is 0 Å². The standard InChI is InChI=1S/C22H26F2N6/c1-14-10-17(19(24)11-18(14)23)20-12-27-21(22-26-7-9-30(20)22)28-15-4-8-29(13-15)16-2-5-25-6-3-16/h7,9-12,15-16,25H,2-6,8,13H2,1H3,(H,27,28)/t15-/m1/s1. The minimum Gasteiger partial charge on any atom is -0.363 e. The molecule has 1 aromatic carbocycles. The number of piperidine rings is 1. The first-order valence-electron chi connectivity index (χ1n) is 10.6. The highest BCUT2D eigenvalue weighted by Gasteiger charge is 2.29. The quantitative estimate of drug-likeness (QED) is 0.689. The molecule has 2 fully saturated rings. The summed E-state index contributed by atoms with van der Waals surface area (Å²) in [7, 11) is 0. The fourth-order valence-electron chi connectivity index (χ4n) is 4.68. The number of nitrogens with one attached hydrogen (secondary N) is 2. The summed E-state index contributed by atoms with van der Waals surface area (Å²) in [4.78, 5) is 11.6. The number of nitrogens with zero attached hydrogens (tertiary/aromatic N) is 4. The fraction of sp³-hybridized carbons (Fsp3) is 0.455. The molecule has 1 atom stereocenters. The van der Waals surface area contributed by atoms with Crippen LogP contribution >= 0.6 is 0 Å². The van der Waals surface area contributed by atoms with E-state index in [-0.39, 0.29) is 0 Å². The van der Waals surface area contributed by atoms with Crippen LogP contribution in [-0.4, -0.2) is 57.5 Å². The molecule has 0 amide bonds. The van der Waals surface area contributed by atoms with Crippen LogP contribution in [0.1, 0.15) is 24.8 Å². The molecule has 2 saturated heterocycles. The van der Waals surface area contributed by atoms with Crippen molar-refractivity contribution in [1.29, 1.82) is 0 Å². The van der Waals surface area contributed by atoms with Crippen LogP contribution in [0.2, 0.25) is 0 Å². The Labute approximate surface area is 174 Å². The minimum absolute atomic E-state index is 0.309. The number of fused-ring (bicyclic) bond motifs is 1. The fourth-order valence-corrected chi connectivity index (χ4v) is 4.68. The summed E-state index contributed by atoms with van der Waals surface area (Å²) in [5, 5.41) is 6.97. The number of aryl methyl sites for hydroxylation is 1. The van der Waals surface area contributed by atoms with E-state index in [1.807, 2.05) is 4.40 Å². The van der Waals surface area contributed by atoms with Crippen LogP contribution < -0.4 is 10.6 Å². The zero-order chi connectivity index (χ0) is 20.7. The number of halogens is 2. The lowest BCUT2D eigenvalue weighted by atomic mass is 10.1. The Morgan fingerprint density at radius 1 is 1.10 bits per heavy atom. The van der Waals surface area contributed by atoms with Crippen molar-refractivity contribution in [2.45, 2.75) is 38.3 Å². The number of imidazole rings is 1. The lowest BCUT2D eigenvalue weighted by molar-refractivity contribution is 0.197. The van der Waals surface area contributed by atoms with E-state index in [4.69, 9.17) is 0 Å². The Kier molecular flexibility index (Phi) is 5.12. The van der Waals surface area contributed by atoms with Gasteiger partial charge in [-0.25, -0.2) is 18.7 Å². The number of hydrogen-bond acceptors (Lipinski definition) is 5. The molecule has 0 spiro atoms. The highest BCUT2D eigenvalue weighted by Crippen LogP contribution is 2.29. The molecule has 3 aromatic rings. The van der Waals surface area contributed by atoms with Crippen LogP contribution in [0.15, 0.2) is 30.7 Å². The molecule has 0 saturated carbocycles. The maximum atomic E-state index is 14.5. The van der Waals surface area contributed by atoms with E-state index in [0.29, 0.717) is 40.4 Å². The smallest absolute Gasteiger partial charge is 0.180 e. The van der Waals surface area contributed by atoms with E-state index < -0.39 is 11.6 Å². The Hall–Kier alpha value is -2.58. The van der Waals surface area contributed by atoms with Crippen LogP contribution in [0, 0.1) is 18.6 Å². The lowest BCUT2D eigenvalue weighted by Gasteiger charge is -2.31. The van der Waals surface area contributed by atoms with Crippen molar-refractivity contribution in [1.82, 2.24) is 24.6 Å². The van der Waals surface area contributed by atoms with Gasteiger partial charge >= 0.3 is 0 Å². The van der Waals surface area contributed by atoms with Crippen LogP contribution in [0.25, 0.3) is 16.9 Å². The molecule has 6 nitrogen and oxygen atoms in total. The Morgan fingerprint density at radius 3 is 2.77 bits per heavy atom. The molecule has 30 heavy (non-hydrogen) atoms. The summed E-state index contributed by atoms with van der Waals surface area (Å²) >= 11 is 0. The van der Waals surface area contributed by atoms with Gasteiger partial charge < -0.3 is 10.6 Å². The van der Waals surface area contributed by atoms with Gasteiger partial charge in [-0.1, -0.05) is 0 Å². The molecular weight excluding hydrogens is 386 g/mol. The second-order valence-corrected chi connectivity index (χ2v) is 8.30. The third kappa shape index (κ3) is 3.54. The SMILES string of the molecule is Cc1cc(-c2cnc(N[C@@H]3CCN(C4CCNCC4)C3)c3nccn23)c(F)cc1F. The topological polar surface area (TPSA) is 57.5 Å². The van der Waals surface area contributed by atoms with Gasteiger partial charge in [-0.2, -0.15) is 0 Å². The highest BCUT2D eigenvalue weighted by atomic mass is 19.1. The summed E-state index contributed by atoms with van der Waals surface area (Å²) in [6.45, 7) is 5.89. The second kappa shape index (κ2) is 7.92. The summed E-state index contributed by atoms with van der Waals surface area (Å²) < 4.78 is 30.0. The zero-order valence-corrected chi connectivity index (χ0v) is 17.0. The summed E-state index contributed by atoms with van der Waals surface area (Å²) in [6.07, 6.45) is 8.56. The Morgan fingerprint density at radius 2 is 1.93 bits per heavy atom. The summed E-state index contributed by atoms with van der Waals surface area (Å²) in [5.74, 6) is -0.465. The van der Waals surface area contributed by atoms with E-state index in [0.717, 1.165) is 38.7 Å².